The van der Waals surface area contributed by atoms with Crippen molar-refractivity contribution in [2.75, 3.05) is 18.1 Å². The van der Waals surface area contributed by atoms with Gasteiger partial charge >= 0.3 is 5.97 Å². The number of hydrogen-bond acceptors (Lipinski definition) is 4. The molecule has 5 heteroatoms. The molecule has 0 aliphatic carbocycles. The monoisotopic (exact) mass is 233 g/mol. The Kier molecular flexibility index (Phi) is 5.25. The third-order valence-corrected chi connectivity index (χ3v) is 3.90. The summed E-state index contributed by atoms with van der Waals surface area (Å²) in [5.74, 6) is 1.28. The van der Waals surface area contributed by atoms with Gasteiger partial charge in [-0.15, -0.1) is 0 Å². The molecule has 15 heavy (non-hydrogen) atoms. The van der Waals surface area contributed by atoms with Gasteiger partial charge in [0.25, 0.3) is 0 Å². The molecule has 0 aromatic heterocycles. The predicted molar refractivity (Wildman–Crippen MR) is 60.1 cm³/mol. The molecule has 0 radical (unpaired) electrons. The fourth-order valence-electron chi connectivity index (χ4n) is 1.65. The molecule has 1 fully saturated rings. The van der Waals surface area contributed by atoms with Crippen LogP contribution in [0.4, 0.5) is 0 Å². The number of carbonyl (C=O) groups excluding carboxylic acids is 1. The highest BCUT2D eigenvalue weighted by Crippen LogP contribution is 2.10. The second-order valence-corrected chi connectivity index (χ2v) is 5.46. The molecule has 0 bridgehead atoms. The lowest BCUT2D eigenvalue weighted by molar-refractivity contribution is -0.145. The molecule has 1 unspecified atom stereocenters. The van der Waals surface area contributed by atoms with Gasteiger partial charge in [0, 0.05) is 28.3 Å². The lowest BCUT2D eigenvalue weighted by Crippen LogP contribution is -2.45. The molecule has 88 valence electrons. The topological polar surface area (TPSA) is 55.4 Å². The Labute approximate surface area is 93.2 Å². The zero-order valence-corrected chi connectivity index (χ0v) is 10.1. The van der Waals surface area contributed by atoms with Crippen LogP contribution in [0.25, 0.3) is 0 Å². The summed E-state index contributed by atoms with van der Waals surface area (Å²) in [4.78, 5) is 11.3. The molecule has 0 saturated carbocycles. The van der Waals surface area contributed by atoms with E-state index in [0.29, 0.717) is 12.6 Å². The first-order valence-electron chi connectivity index (χ1n) is 5.41. The molecule has 1 N–H and O–H groups in total. The Hall–Kier alpha value is -0.420. The Morgan fingerprint density at radius 2 is 2.13 bits per heavy atom. The van der Waals surface area contributed by atoms with Crippen molar-refractivity contribution in [2.45, 2.75) is 38.8 Å². The van der Waals surface area contributed by atoms with Crippen LogP contribution in [0.5, 0.6) is 0 Å². The summed E-state index contributed by atoms with van der Waals surface area (Å²) in [6.07, 6.45) is 1.77. The minimum atomic E-state index is -0.646. The normalized spacial score (nSPS) is 28.4. The average Bonchev–Trinajstić information content (AvgIpc) is 2.22. The summed E-state index contributed by atoms with van der Waals surface area (Å²) in [6, 6.07) is 0.0450. The number of esters is 1. The van der Waals surface area contributed by atoms with E-state index in [2.05, 4.69) is 5.32 Å². The number of carbonyl (C=O) groups is 1. The molecular formula is C10H19NO3S. The van der Waals surface area contributed by atoms with Gasteiger partial charge in [0.1, 0.15) is 6.04 Å². The van der Waals surface area contributed by atoms with Crippen LogP contribution in [0.3, 0.4) is 0 Å². The van der Waals surface area contributed by atoms with E-state index in [9.17, 15) is 9.00 Å². The molecule has 0 spiro atoms. The molecule has 4 nitrogen and oxygen atoms in total. The van der Waals surface area contributed by atoms with E-state index >= 15 is 0 Å². The van der Waals surface area contributed by atoms with E-state index < -0.39 is 10.8 Å². The third kappa shape index (κ3) is 4.30. The maximum absolute atomic E-state index is 11.3. The summed E-state index contributed by atoms with van der Waals surface area (Å²) in [7, 11) is -0.646. The van der Waals surface area contributed by atoms with Crippen LogP contribution < -0.4 is 5.32 Å². The maximum atomic E-state index is 11.3. The Morgan fingerprint density at radius 3 is 2.67 bits per heavy atom. The Bertz CT molecular complexity index is 235. The van der Waals surface area contributed by atoms with E-state index in [0.717, 1.165) is 24.3 Å². The van der Waals surface area contributed by atoms with Gasteiger partial charge in [0.2, 0.25) is 0 Å². The highest BCUT2D eigenvalue weighted by molar-refractivity contribution is 7.85. The van der Waals surface area contributed by atoms with Gasteiger partial charge in [-0.1, -0.05) is 0 Å². The molecular weight excluding hydrogens is 214 g/mol. The lowest BCUT2D eigenvalue weighted by atomic mass is 10.1. The smallest absolute Gasteiger partial charge is 0.322 e. The number of rotatable bonds is 4. The summed E-state index contributed by atoms with van der Waals surface area (Å²) in [5.41, 5.74) is 0. The van der Waals surface area contributed by atoms with Crippen LogP contribution in [-0.2, 0) is 20.3 Å². The van der Waals surface area contributed by atoms with Crippen molar-refractivity contribution in [1.29, 1.82) is 0 Å². The van der Waals surface area contributed by atoms with Crippen molar-refractivity contribution in [2.24, 2.45) is 0 Å². The molecule has 1 heterocycles. The van der Waals surface area contributed by atoms with Gasteiger partial charge in [-0.05, 0) is 26.7 Å². The first-order valence-corrected chi connectivity index (χ1v) is 6.90. The van der Waals surface area contributed by atoms with Crippen molar-refractivity contribution in [3.05, 3.63) is 0 Å². The first-order chi connectivity index (χ1) is 7.13. The fraction of sp³-hybridized carbons (Fsp3) is 0.900. The summed E-state index contributed by atoms with van der Waals surface area (Å²) in [6.45, 7) is 4.03. The lowest BCUT2D eigenvalue weighted by Gasteiger charge is -2.25. The van der Waals surface area contributed by atoms with E-state index in [1.54, 1.807) is 6.92 Å². The number of nitrogens with one attached hydrogen (secondary N) is 1. The zero-order valence-electron chi connectivity index (χ0n) is 9.32. The van der Waals surface area contributed by atoms with Gasteiger partial charge in [0.05, 0.1) is 6.61 Å². The van der Waals surface area contributed by atoms with Crippen LogP contribution in [0, 0.1) is 0 Å². The van der Waals surface area contributed by atoms with Crippen molar-refractivity contribution < 1.29 is 13.7 Å². The van der Waals surface area contributed by atoms with Gasteiger partial charge in [-0.25, -0.2) is 0 Å². The summed E-state index contributed by atoms with van der Waals surface area (Å²) < 4.78 is 16.0. The van der Waals surface area contributed by atoms with Crippen LogP contribution in [0.15, 0.2) is 0 Å². The van der Waals surface area contributed by atoms with Gasteiger partial charge in [-0.2, -0.15) is 0 Å². The van der Waals surface area contributed by atoms with Crippen molar-refractivity contribution in [3.63, 3.8) is 0 Å². The van der Waals surface area contributed by atoms with Crippen LogP contribution in [-0.4, -0.2) is 40.4 Å². The highest BCUT2D eigenvalue weighted by Gasteiger charge is 2.22. The van der Waals surface area contributed by atoms with Crippen molar-refractivity contribution >= 4 is 16.8 Å². The maximum Gasteiger partial charge on any atom is 0.322 e. The summed E-state index contributed by atoms with van der Waals surface area (Å²) in [5, 5.41) is 3.21. The van der Waals surface area contributed by atoms with Crippen LogP contribution in [0.1, 0.15) is 26.7 Å². The molecule has 1 atom stereocenters. The third-order valence-electron chi connectivity index (χ3n) is 2.51. The molecule has 0 aromatic rings. The van der Waals surface area contributed by atoms with Gasteiger partial charge in [0.15, 0.2) is 0 Å². The zero-order chi connectivity index (χ0) is 11.3. The van der Waals surface area contributed by atoms with Gasteiger partial charge < -0.3 is 10.1 Å². The Balaban J connectivity index is 2.28. The van der Waals surface area contributed by atoms with E-state index in [1.807, 2.05) is 6.92 Å². The minimum absolute atomic E-state index is 0.204. The largest absolute Gasteiger partial charge is 0.465 e. The highest BCUT2D eigenvalue weighted by atomic mass is 32.2. The molecule has 1 aliphatic rings. The molecule has 0 aromatic carbocycles. The van der Waals surface area contributed by atoms with Crippen molar-refractivity contribution in [1.82, 2.24) is 5.32 Å². The number of ether oxygens (including phenoxy) is 1. The Morgan fingerprint density at radius 1 is 1.53 bits per heavy atom. The minimum Gasteiger partial charge on any atom is -0.465 e. The van der Waals surface area contributed by atoms with Crippen LogP contribution >= 0.6 is 0 Å². The molecule has 1 aliphatic heterocycles. The first kappa shape index (κ1) is 12.6. The van der Waals surface area contributed by atoms with Crippen molar-refractivity contribution in [3.8, 4) is 0 Å². The van der Waals surface area contributed by atoms with E-state index in [1.165, 1.54) is 0 Å². The average molecular weight is 233 g/mol. The SMILES string of the molecule is CCOC(=O)C(C)NC1CCS(=O)CC1. The standard InChI is InChI=1S/C10H19NO3S/c1-3-14-10(12)8(2)11-9-4-6-15(13)7-5-9/h8-9,11H,3-7H2,1-2H3. The second-order valence-electron chi connectivity index (χ2n) is 3.76. The number of hydrogen-bond donors (Lipinski definition) is 1. The quantitative estimate of drug-likeness (QED) is 0.716. The molecule has 1 rings (SSSR count). The van der Waals surface area contributed by atoms with E-state index in [-0.39, 0.29) is 12.0 Å². The van der Waals surface area contributed by atoms with Crippen LogP contribution in [0.2, 0.25) is 0 Å². The van der Waals surface area contributed by atoms with E-state index in [4.69, 9.17) is 4.74 Å². The fourth-order valence-corrected chi connectivity index (χ4v) is 2.95. The molecule has 0 amide bonds. The molecule has 1 saturated heterocycles. The van der Waals surface area contributed by atoms with Gasteiger partial charge in [-0.3, -0.25) is 9.00 Å². The predicted octanol–water partition coefficient (Wildman–Crippen LogP) is 0.439. The second kappa shape index (κ2) is 6.23. The summed E-state index contributed by atoms with van der Waals surface area (Å²) >= 11 is 0.